The Kier molecular flexibility index (Phi) is 4.59. The van der Waals surface area contributed by atoms with Crippen molar-refractivity contribution in [3.63, 3.8) is 0 Å². The van der Waals surface area contributed by atoms with E-state index in [2.05, 4.69) is 34.7 Å². The first kappa shape index (κ1) is 10.5. The zero-order valence-electron chi connectivity index (χ0n) is 8.22. The lowest BCUT2D eigenvalue weighted by atomic mass is 9.97. The van der Waals surface area contributed by atoms with Crippen LogP contribution in [0.25, 0.3) is 0 Å². The number of nitrogens with zero attached hydrogens (tertiary/aromatic N) is 1. The Bertz CT molecular complexity index is 125. The van der Waals surface area contributed by atoms with Crippen LogP contribution in [-0.4, -0.2) is 29.9 Å². The highest BCUT2D eigenvalue weighted by atomic mass is 79.9. The predicted molar refractivity (Wildman–Crippen MR) is 57.8 cm³/mol. The number of alkyl halides is 1. The monoisotopic (exact) mass is 233 g/mol. The molecule has 0 aromatic heterocycles. The van der Waals surface area contributed by atoms with Crippen LogP contribution < -0.4 is 0 Å². The Labute approximate surface area is 84.6 Å². The van der Waals surface area contributed by atoms with Crippen LogP contribution in [0.5, 0.6) is 0 Å². The minimum absolute atomic E-state index is 0.874. The summed E-state index contributed by atoms with van der Waals surface area (Å²) in [6, 6.07) is 0. The largest absolute Gasteiger partial charge is 0.302 e. The molecule has 1 fully saturated rings. The summed E-state index contributed by atoms with van der Waals surface area (Å²) in [5.41, 5.74) is 0. The first-order chi connectivity index (χ1) is 5.72. The summed E-state index contributed by atoms with van der Waals surface area (Å²) in [5.74, 6) is 1.85. The molecular formula is C10H20BrN. The lowest BCUT2D eigenvalue weighted by molar-refractivity contribution is 0.330. The van der Waals surface area contributed by atoms with Crippen molar-refractivity contribution < 1.29 is 0 Å². The summed E-state index contributed by atoms with van der Waals surface area (Å²) >= 11 is 3.49. The second kappa shape index (κ2) is 5.23. The van der Waals surface area contributed by atoms with Crippen LogP contribution in [0.15, 0.2) is 0 Å². The quantitative estimate of drug-likeness (QED) is 0.676. The van der Waals surface area contributed by atoms with E-state index in [1.54, 1.807) is 0 Å². The van der Waals surface area contributed by atoms with Crippen molar-refractivity contribution in [3.05, 3.63) is 0 Å². The van der Waals surface area contributed by atoms with Gasteiger partial charge in [-0.05, 0) is 31.2 Å². The highest BCUT2D eigenvalue weighted by molar-refractivity contribution is 9.09. The van der Waals surface area contributed by atoms with E-state index in [0.29, 0.717) is 0 Å². The van der Waals surface area contributed by atoms with E-state index in [4.69, 9.17) is 0 Å². The molecule has 1 atom stereocenters. The maximum atomic E-state index is 3.49. The van der Waals surface area contributed by atoms with Crippen molar-refractivity contribution in [2.75, 3.05) is 25.0 Å². The van der Waals surface area contributed by atoms with Gasteiger partial charge in [0.05, 0.1) is 0 Å². The molecule has 1 aliphatic heterocycles. The number of rotatable bonds is 4. The van der Waals surface area contributed by atoms with E-state index >= 15 is 0 Å². The summed E-state index contributed by atoms with van der Waals surface area (Å²) in [6.07, 6.45) is 2.84. The minimum Gasteiger partial charge on any atom is -0.302 e. The lowest BCUT2D eigenvalue weighted by Crippen LogP contribution is -2.22. The van der Waals surface area contributed by atoms with Crippen molar-refractivity contribution in [1.82, 2.24) is 4.90 Å². The highest BCUT2D eigenvalue weighted by Crippen LogP contribution is 2.22. The molecule has 0 saturated carbocycles. The van der Waals surface area contributed by atoms with Gasteiger partial charge in [0.25, 0.3) is 0 Å². The molecule has 1 unspecified atom stereocenters. The van der Waals surface area contributed by atoms with Gasteiger partial charge >= 0.3 is 0 Å². The lowest BCUT2D eigenvalue weighted by Gasteiger charge is -2.15. The van der Waals surface area contributed by atoms with Crippen molar-refractivity contribution in [2.45, 2.75) is 26.7 Å². The normalized spacial score (nSPS) is 25.5. The maximum Gasteiger partial charge on any atom is 0.0159 e. The topological polar surface area (TPSA) is 3.24 Å². The molecule has 0 bridgehead atoms. The zero-order chi connectivity index (χ0) is 8.97. The van der Waals surface area contributed by atoms with Crippen molar-refractivity contribution in [3.8, 4) is 0 Å². The minimum atomic E-state index is 0.874. The van der Waals surface area contributed by atoms with Crippen LogP contribution in [0.3, 0.4) is 0 Å². The molecule has 0 spiro atoms. The van der Waals surface area contributed by atoms with E-state index in [1.165, 1.54) is 32.5 Å². The molecule has 72 valence electrons. The Balaban J connectivity index is 2.16. The maximum absolute atomic E-state index is 3.49. The third-order valence-electron chi connectivity index (χ3n) is 2.58. The summed E-state index contributed by atoms with van der Waals surface area (Å²) in [4.78, 5) is 2.57. The van der Waals surface area contributed by atoms with Gasteiger partial charge in [-0.25, -0.2) is 0 Å². The van der Waals surface area contributed by atoms with Crippen LogP contribution in [0.2, 0.25) is 0 Å². The first-order valence-electron chi connectivity index (χ1n) is 5.00. The molecule has 0 N–H and O–H groups in total. The summed E-state index contributed by atoms with van der Waals surface area (Å²) in [6.45, 7) is 8.54. The molecule has 0 aromatic carbocycles. The molecule has 0 radical (unpaired) electrons. The first-order valence-corrected chi connectivity index (χ1v) is 6.13. The fraction of sp³-hybridized carbons (Fsp3) is 1.00. The van der Waals surface area contributed by atoms with Crippen LogP contribution >= 0.6 is 15.9 Å². The SMILES string of the molecule is CC(C)CC1CCN(CCBr)C1. The van der Waals surface area contributed by atoms with Crippen molar-refractivity contribution >= 4 is 15.9 Å². The van der Waals surface area contributed by atoms with Gasteiger partial charge in [-0.2, -0.15) is 0 Å². The number of halogens is 1. The van der Waals surface area contributed by atoms with Gasteiger partial charge < -0.3 is 4.90 Å². The van der Waals surface area contributed by atoms with E-state index in [-0.39, 0.29) is 0 Å². The van der Waals surface area contributed by atoms with Crippen LogP contribution in [-0.2, 0) is 0 Å². The number of hydrogen-bond acceptors (Lipinski definition) is 1. The van der Waals surface area contributed by atoms with Crippen molar-refractivity contribution in [1.29, 1.82) is 0 Å². The fourth-order valence-corrected chi connectivity index (χ4v) is 2.60. The molecular weight excluding hydrogens is 214 g/mol. The molecule has 2 heteroatoms. The van der Waals surface area contributed by atoms with Gasteiger partial charge in [0.2, 0.25) is 0 Å². The molecule has 1 heterocycles. The molecule has 0 amide bonds. The highest BCUT2D eigenvalue weighted by Gasteiger charge is 2.21. The molecule has 0 aromatic rings. The Morgan fingerprint density at radius 1 is 1.50 bits per heavy atom. The second-order valence-corrected chi connectivity index (χ2v) is 5.07. The Morgan fingerprint density at radius 3 is 2.83 bits per heavy atom. The molecule has 1 rings (SSSR count). The van der Waals surface area contributed by atoms with Gasteiger partial charge in [0, 0.05) is 18.4 Å². The van der Waals surface area contributed by atoms with Crippen molar-refractivity contribution in [2.24, 2.45) is 11.8 Å². The van der Waals surface area contributed by atoms with E-state index in [9.17, 15) is 0 Å². The fourth-order valence-electron chi connectivity index (χ4n) is 2.09. The smallest absolute Gasteiger partial charge is 0.0159 e. The number of likely N-dealkylation sites (tertiary alicyclic amines) is 1. The average molecular weight is 234 g/mol. The standard InChI is InChI=1S/C10H20BrN/c1-9(2)7-10-3-5-12(8-10)6-4-11/h9-10H,3-8H2,1-2H3. The molecule has 12 heavy (non-hydrogen) atoms. The van der Waals surface area contributed by atoms with Crippen LogP contribution in [0.4, 0.5) is 0 Å². The second-order valence-electron chi connectivity index (χ2n) is 4.27. The zero-order valence-corrected chi connectivity index (χ0v) is 9.81. The van der Waals surface area contributed by atoms with Crippen LogP contribution in [0.1, 0.15) is 26.7 Å². The van der Waals surface area contributed by atoms with E-state index < -0.39 is 0 Å². The average Bonchev–Trinajstić information content (AvgIpc) is 2.36. The summed E-state index contributed by atoms with van der Waals surface area (Å²) in [7, 11) is 0. The Hall–Kier alpha value is 0.440. The third-order valence-corrected chi connectivity index (χ3v) is 2.93. The van der Waals surface area contributed by atoms with E-state index in [0.717, 1.165) is 17.2 Å². The Morgan fingerprint density at radius 2 is 2.25 bits per heavy atom. The van der Waals surface area contributed by atoms with Gasteiger partial charge in [-0.1, -0.05) is 29.8 Å². The van der Waals surface area contributed by atoms with Gasteiger partial charge in [-0.3, -0.25) is 0 Å². The summed E-state index contributed by atoms with van der Waals surface area (Å²) in [5, 5.41) is 1.13. The third kappa shape index (κ3) is 3.44. The van der Waals surface area contributed by atoms with E-state index in [1.807, 2.05) is 0 Å². The van der Waals surface area contributed by atoms with Gasteiger partial charge in [0.15, 0.2) is 0 Å². The molecule has 1 nitrogen and oxygen atoms in total. The molecule has 1 saturated heterocycles. The van der Waals surface area contributed by atoms with Gasteiger partial charge in [0.1, 0.15) is 0 Å². The molecule has 1 aliphatic rings. The van der Waals surface area contributed by atoms with Gasteiger partial charge in [-0.15, -0.1) is 0 Å². The molecule has 0 aliphatic carbocycles. The number of hydrogen-bond donors (Lipinski definition) is 0. The summed E-state index contributed by atoms with van der Waals surface area (Å²) < 4.78 is 0. The van der Waals surface area contributed by atoms with Crippen LogP contribution in [0, 0.1) is 11.8 Å². The predicted octanol–water partition coefficient (Wildman–Crippen LogP) is 2.75.